The molecule has 0 radical (unpaired) electrons. The second kappa shape index (κ2) is 7.42. The first kappa shape index (κ1) is 16.7. The summed E-state index contributed by atoms with van der Waals surface area (Å²) in [4.78, 5) is 22.3. The second-order valence-electron chi connectivity index (χ2n) is 4.49. The topological polar surface area (TPSA) is 84.3 Å². The molecule has 1 aliphatic heterocycles. The van der Waals surface area contributed by atoms with Gasteiger partial charge >= 0.3 is 0 Å². The molecule has 1 saturated heterocycles. The Bertz CT molecular complexity index is 505. The third kappa shape index (κ3) is 4.06. The van der Waals surface area contributed by atoms with Crippen molar-refractivity contribution in [3.8, 4) is 0 Å². The van der Waals surface area contributed by atoms with Crippen LogP contribution in [0.5, 0.6) is 0 Å². The van der Waals surface area contributed by atoms with Crippen LogP contribution in [0.15, 0.2) is 18.2 Å². The lowest BCUT2D eigenvalue weighted by Gasteiger charge is -2.10. The highest BCUT2D eigenvalue weighted by Crippen LogP contribution is 2.23. The van der Waals surface area contributed by atoms with Crippen LogP contribution in [0, 0.1) is 16.0 Å². The molecule has 1 amide bonds. The van der Waals surface area contributed by atoms with Crippen molar-refractivity contribution in [1.82, 2.24) is 10.6 Å². The van der Waals surface area contributed by atoms with E-state index < -0.39 is 10.8 Å². The number of nitrogens with one attached hydrogen (secondary N) is 2. The number of carbonyl (C=O) groups excluding carboxylic acids is 1. The number of carbonyl (C=O) groups is 1. The maximum atomic E-state index is 12.0. The lowest BCUT2D eigenvalue weighted by atomic mass is 10.1. The molecular weight excluding hydrogens is 305 g/mol. The van der Waals surface area contributed by atoms with Crippen molar-refractivity contribution < 1.29 is 9.72 Å². The predicted octanol–water partition coefficient (Wildman–Crippen LogP) is 2.01. The number of rotatable bonds is 4. The van der Waals surface area contributed by atoms with Crippen molar-refractivity contribution in [1.29, 1.82) is 0 Å². The van der Waals surface area contributed by atoms with E-state index in [-0.39, 0.29) is 28.7 Å². The Kier molecular flexibility index (Phi) is 6.19. The summed E-state index contributed by atoms with van der Waals surface area (Å²) in [5, 5.41) is 17.1. The van der Waals surface area contributed by atoms with E-state index in [1.165, 1.54) is 18.2 Å². The van der Waals surface area contributed by atoms with Crippen LogP contribution in [0.1, 0.15) is 16.8 Å². The van der Waals surface area contributed by atoms with Crippen molar-refractivity contribution in [3.05, 3.63) is 38.9 Å². The lowest BCUT2D eigenvalue weighted by Crippen LogP contribution is -2.30. The van der Waals surface area contributed by atoms with Gasteiger partial charge in [0.2, 0.25) is 0 Å². The van der Waals surface area contributed by atoms with Crippen molar-refractivity contribution >= 4 is 35.6 Å². The van der Waals surface area contributed by atoms with E-state index >= 15 is 0 Å². The number of nitro benzene ring substituents is 1. The minimum absolute atomic E-state index is 0. The zero-order valence-corrected chi connectivity index (χ0v) is 12.2. The Morgan fingerprint density at radius 3 is 2.90 bits per heavy atom. The van der Waals surface area contributed by atoms with Gasteiger partial charge in [0.05, 0.1) is 4.92 Å². The van der Waals surface area contributed by atoms with Gasteiger partial charge in [0, 0.05) is 17.6 Å². The SMILES string of the molecule is Cl.O=C(NCC1CCNC1)c1ccc(Cl)cc1[N+](=O)[O-]. The van der Waals surface area contributed by atoms with Gasteiger partial charge in [0.25, 0.3) is 11.6 Å². The van der Waals surface area contributed by atoms with Gasteiger partial charge in [-0.2, -0.15) is 0 Å². The molecule has 1 unspecified atom stereocenters. The van der Waals surface area contributed by atoms with E-state index in [9.17, 15) is 14.9 Å². The van der Waals surface area contributed by atoms with Gasteiger partial charge in [0.15, 0.2) is 0 Å². The van der Waals surface area contributed by atoms with E-state index in [0.717, 1.165) is 19.5 Å². The summed E-state index contributed by atoms with van der Waals surface area (Å²) in [5.41, 5.74) is -0.227. The minimum atomic E-state index is -0.599. The molecule has 1 fully saturated rings. The van der Waals surface area contributed by atoms with Crippen LogP contribution in [0.3, 0.4) is 0 Å². The molecule has 20 heavy (non-hydrogen) atoms. The summed E-state index contributed by atoms with van der Waals surface area (Å²) in [6.07, 6.45) is 1.00. The van der Waals surface area contributed by atoms with E-state index in [4.69, 9.17) is 11.6 Å². The average molecular weight is 320 g/mol. The van der Waals surface area contributed by atoms with E-state index in [1.54, 1.807) is 0 Å². The maximum absolute atomic E-state index is 12.0. The molecule has 0 spiro atoms. The van der Waals surface area contributed by atoms with Gasteiger partial charge in [-0.05, 0) is 37.6 Å². The number of hydrogen-bond acceptors (Lipinski definition) is 4. The monoisotopic (exact) mass is 319 g/mol. The van der Waals surface area contributed by atoms with Gasteiger partial charge in [-0.3, -0.25) is 14.9 Å². The van der Waals surface area contributed by atoms with Crippen LogP contribution >= 0.6 is 24.0 Å². The standard InChI is InChI=1S/C12H14ClN3O3.ClH/c13-9-1-2-10(11(5-9)16(18)19)12(17)15-7-8-3-4-14-6-8;/h1-2,5,8,14H,3-4,6-7H2,(H,15,17);1H. The smallest absolute Gasteiger partial charge is 0.283 e. The van der Waals surface area contributed by atoms with E-state index in [0.29, 0.717) is 12.5 Å². The number of nitrogens with zero attached hydrogens (tertiary/aromatic N) is 1. The van der Waals surface area contributed by atoms with Crippen LogP contribution in [0.4, 0.5) is 5.69 Å². The fraction of sp³-hybridized carbons (Fsp3) is 0.417. The fourth-order valence-electron chi connectivity index (χ4n) is 2.07. The Balaban J connectivity index is 0.00000200. The number of amides is 1. The maximum Gasteiger partial charge on any atom is 0.283 e. The van der Waals surface area contributed by atoms with Crippen molar-refractivity contribution in [2.45, 2.75) is 6.42 Å². The summed E-state index contributed by atoms with van der Waals surface area (Å²) in [5.74, 6) is -0.0504. The van der Waals surface area contributed by atoms with Crippen LogP contribution in [0.2, 0.25) is 5.02 Å². The van der Waals surface area contributed by atoms with E-state index in [1.807, 2.05) is 0 Å². The highest BCUT2D eigenvalue weighted by atomic mass is 35.5. The van der Waals surface area contributed by atoms with Crippen molar-refractivity contribution in [3.63, 3.8) is 0 Å². The largest absolute Gasteiger partial charge is 0.351 e. The molecule has 0 aromatic heterocycles. The number of hydrogen-bond donors (Lipinski definition) is 2. The van der Waals surface area contributed by atoms with Crippen molar-refractivity contribution in [2.24, 2.45) is 5.92 Å². The number of benzene rings is 1. The Morgan fingerprint density at radius 1 is 1.55 bits per heavy atom. The predicted molar refractivity (Wildman–Crippen MR) is 78.7 cm³/mol. The first-order valence-electron chi connectivity index (χ1n) is 6.01. The number of halogens is 2. The first-order chi connectivity index (χ1) is 9.08. The Morgan fingerprint density at radius 2 is 2.30 bits per heavy atom. The Hall–Kier alpha value is -1.37. The lowest BCUT2D eigenvalue weighted by molar-refractivity contribution is -0.385. The first-order valence-corrected chi connectivity index (χ1v) is 6.38. The summed E-state index contributed by atoms with van der Waals surface area (Å²) >= 11 is 5.70. The Labute approximate surface area is 127 Å². The molecule has 1 aliphatic rings. The van der Waals surface area contributed by atoms with Crippen LogP contribution < -0.4 is 10.6 Å². The molecule has 0 aliphatic carbocycles. The molecule has 6 nitrogen and oxygen atoms in total. The molecule has 2 rings (SSSR count). The molecule has 2 N–H and O–H groups in total. The van der Waals surface area contributed by atoms with E-state index in [2.05, 4.69) is 10.6 Å². The van der Waals surface area contributed by atoms with Gasteiger partial charge in [0.1, 0.15) is 5.56 Å². The molecule has 0 saturated carbocycles. The zero-order chi connectivity index (χ0) is 13.8. The van der Waals surface area contributed by atoms with Gasteiger partial charge in [-0.25, -0.2) is 0 Å². The molecule has 1 aromatic carbocycles. The highest BCUT2D eigenvalue weighted by Gasteiger charge is 2.22. The third-order valence-electron chi connectivity index (χ3n) is 3.11. The molecular formula is C12H15Cl2N3O3. The average Bonchev–Trinajstić information content (AvgIpc) is 2.88. The van der Waals surface area contributed by atoms with Gasteiger partial charge in [-0.1, -0.05) is 11.6 Å². The fourth-order valence-corrected chi connectivity index (χ4v) is 2.24. The molecule has 1 heterocycles. The summed E-state index contributed by atoms with van der Waals surface area (Å²) in [6, 6.07) is 4.04. The molecule has 8 heteroatoms. The molecule has 0 bridgehead atoms. The second-order valence-corrected chi connectivity index (χ2v) is 4.92. The highest BCUT2D eigenvalue weighted by molar-refractivity contribution is 6.31. The quantitative estimate of drug-likeness (QED) is 0.656. The van der Waals surface area contributed by atoms with Gasteiger partial charge < -0.3 is 10.6 Å². The minimum Gasteiger partial charge on any atom is -0.351 e. The summed E-state index contributed by atoms with van der Waals surface area (Å²) in [6.45, 7) is 2.33. The van der Waals surface area contributed by atoms with Crippen LogP contribution in [-0.4, -0.2) is 30.5 Å². The van der Waals surface area contributed by atoms with Crippen LogP contribution in [-0.2, 0) is 0 Å². The normalized spacial score (nSPS) is 17.4. The van der Waals surface area contributed by atoms with Gasteiger partial charge in [-0.15, -0.1) is 12.4 Å². The molecule has 1 aromatic rings. The number of nitro groups is 1. The summed E-state index contributed by atoms with van der Waals surface area (Å²) < 4.78 is 0. The third-order valence-corrected chi connectivity index (χ3v) is 3.35. The van der Waals surface area contributed by atoms with Crippen molar-refractivity contribution in [2.75, 3.05) is 19.6 Å². The summed E-state index contributed by atoms with van der Waals surface area (Å²) in [7, 11) is 0. The molecule has 1 atom stereocenters. The zero-order valence-electron chi connectivity index (χ0n) is 10.6. The van der Waals surface area contributed by atoms with Crippen LogP contribution in [0.25, 0.3) is 0 Å². The molecule has 110 valence electrons.